The van der Waals surface area contributed by atoms with Crippen molar-refractivity contribution in [2.24, 2.45) is 17.3 Å². The molecule has 3 atom stereocenters. The minimum absolute atomic E-state index is 0.00747. The summed E-state index contributed by atoms with van der Waals surface area (Å²) in [7, 11) is 0. The van der Waals surface area contributed by atoms with Crippen molar-refractivity contribution in [3.05, 3.63) is 35.9 Å². The molecule has 1 N–H and O–H groups in total. The quantitative estimate of drug-likeness (QED) is 0.872. The number of carbonyl (C=O) groups excluding carboxylic acids is 1. The molecule has 1 aliphatic carbocycles. The number of amides is 1. The van der Waals surface area contributed by atoms with Gasteiger partial charge in [-0.15, -0.1) is 0 Å². The molecule has 1 heterocycles. The van der Waals surface area contributed by atoms with Gasteiger partial charge in [0, 0.05) is 12.5 Å². The van der Waals surface area contributed by atoms with Gasteiger partial charge in [-0.2, -0.15) is 0 Å². The molecule has 1 aliphatic heterocycles. The number of hydrogen-bond donors (Lipinski definition) is 1. The lowest BCUT2D eigenvalue weighted by molar-refractivity contribution is -0.158. The van der Waals surface area contributed by atoms with Crippen molar-refractivity contribution in [3.8, 4) is 0 Å². The normalized spacial score (nSPS) is 31.5. The number of carbonyl (C=O) groups is 2. The third-order valence-electron chi connectivity index (χ3n) is 5.45. The molecule has 0 aromatic heterocycles. The number of hydrogen-bond acceptors (Lipinski definition) is 3. The van der Waals surface area contributed by atoms with Crippen molar-refractivity contribution < 1.29 is 19.4 Å². The van der Waals surface area contributed by atoms with E-state index in [0.29, 0.717) is 6.54 Å². The molecule has 1 saturated heterocycles. The fourth-order valence-corrected chi connectivity index (χ4v) is 4.14. The monoisotopic (exact) mass is 303 g/mol. The first-order valence-corrected chi connectivity index (χ1v) is 7.51. The van der Waals surface area contributed by atoms with Crippen molar-refractivity contribution in [3.63, 3.8) is 0 Å². The zero-order valence-corrected chi connectivity index (χ0v) is 13.1. The maximum Gasteiger partial charge on any atom is 0.408 e. The van der Waals surface area contributed by atoms with Crippen LogP contribution in [0.3, 0.4) is 0 Å². The Morgan fingerprint density at radius 3 is 2.50 bits per heavy atom. The number of fused-ring (bicyclic) bond motifs is 1. The van der Waals surface area contributed by atoms with Crippen LogP contribution in [0.5, 0.6) is 0 Å². The van der Waals surface area contributed by atoms with Gasteiger partial charge in [0.1, 0.15) is 12.1 Å². The van der Waals surface area contributed by atoms with Crippen LogP contribution < -0.4 is 0 Å². The number of piperidine rings is 1. The zero-order chi connectivity index (χ0) is 16.1. The predicted octanol–water partition coefficient (Wildman–Crippen LogP) is 2.75. The maximum atomic E-state index is 12.7. The van der Waals surface area contributed by atoms with Crippen LogP contribution >= 0.6 is 0 Å². The summed E-state index contributed by atoms with van der Waals surface area (Å²) >= 11 is 0. The Balaban J connectivity index is 1.78. The lowest BCUT2D eigenvalue weighted by Gasteiger charge is -2.36. The highest BCUT2D eigenvalue weighted by Crippen LogP contribution is 2.68. The molecule has 1 aromatic rings. The number of ether oxygens (including phenoxy) is 1. The van der Waals surface area contributed by atoms with Gasteiger partial charge in [-0.05, 0) is 23.8 Å². The number of benzene rings is 1. The summed E-state index contributed by atoms with van der Waals surface area (Å²) in [6, 6.07) is 9.41. The summed E-state index contributed by atoms with van der Waals surface area (Å²) in [5, 5.41) is 9.41. The molecule has 22 heavy (non-hydrogen) atoms. The van der Waals surface area contributed by atoms with Gasteiger partial charge in [-0.25, -0.2) is 9.59 Å². The van der Waals surface area contributed by atoms with E-state index >= 15 is 0 Å². The van der Waals surface area contributed by atoms with Crippen molar-refractivity contribution >= 4 is 12.1 Å². The van der Waals surface area contributed by atoms with Crippen LogP contribution in [-0.2, 0) is 16.1 Å². The third kappa shape index (κ3) is 1.99. The molecule has 2 aliphatic rings. The van der Waals surface area contributed by atoms with Gasteiger partial charge in [0.25, 0.3) is 0 Å². The third-order valence-corrected chi connectivity index (χ3v) is 5.45. The largest absolute Gasteiger partial charge is 0.465 e. The van der Waals surface area contributed by atoms with Crippen LogP contribution in [0, 0.1) is 17.3 Å². The summed E-state index contributed by atoms with van der Waals surface area (Å²) in [4.78, 5) is 25.4. The van der Waals surface area contributed by atoms with Gasteiger partial charge < -0.3 is 9.84 Å². The van der Waals surface area contributed by atoms with Gasteiger partial charge in [-0.3, -0.25) is 4.90 Å². The molecular weight excluding hydrogens is 282 g/mol. The Morgan fingerprint density at radius 2 is 1.91 bits per heavy atom. The molecule has 1 saturated carbocycles. The second-order valence-corrected chi connectivity index (χ2v) is 7.01. The highest BCUT2D eigenvalue weighted by atomic mass is 16.5. The summed E-state index contributed by atoms with van der Waals surface area (Å²) in [5.74, 6) is -0.186. The predicted molar refractivity (Wildman–Crippen MR) is 80.1 cm³/mol. The second kappa shape index (κ2) is 4.73. The minimum atomic E-state index is -1.09. The van der Waals surface area contributed by atoms with Gasteiger partial charge in [0.15, 0.2) is 0 Å². The molecule has 1 aromatic carbocycles. The van der Waals surface area contributed by atoms with Crippen molar-refractivity contribution in [1.82, 2.24) is 4.90 Å². The minimum Gasteiger partial charge on any atom is -0.465 e. The summed E-state index contributed by atoms with van der Waals surface area (Å²) in [6.07, 6.45) is -1.05. The van der Waals surface area contributed by atoms with E-state index in [1.165, 1.54) is 4.90 Å². The standard InChI is InChI=1S/C17H21NO4/c1-16(2)12-9-18(15(20)21)17(3,13(12)16)14(19)22-10-11-7-5-4-6-8-11/h4-8,12-13H,9-10H2,1-3H3,(H,20,21)/t12-,13+,17-/m0/s1. The molecule has 0 bridgehead atoms. The van der Waals surface area contributed by atoms with E-state index < -0.39 is 17.6 Å². The first kappa shape index (κ1) is 14.9. The Kier molecular flexibility index (Phi) is 3.20. The van der Waals surface area contributed by atoms with Crippen molar-refractivity contribution in [2.45, 2.75) is 32.9 Å². The van der Waals surface area contributed by atoms with Crippen LogP contribution in [0.2, 0.25) is 0 Å². The summed E-state index contributed by atoms with van der Waals surface area (Å²) in [5.41, 5.74) is -0.202. The van der Waals surface area contributed by atoms with Crippen LogP contribution in [-0.4, -0.2) is 34.2 Å². The fraction of sp³-hybridized carbons (Fsp3) is 0.529. The number of esters is 1. The molecule has 2 fully saturated rings. The van der Waals surface area contributed by atoms with Gasteiger partial charge >= 0.3 is 12.1 Å². The fourth-order valence-electron chi connectivity index (χ4n) is 4.14. The van der Waals surface area contributed by atoms with Crippen LogP contribution in [0.15, 0.2) is 30.3 Å². The molecule has 118 valence electrons. The average molecular weight is 303 g/mol. The lowest BCUT2D eigenvalue weighted by Crippen LogP contribution is -2.55. The number of likely N-dealkylation sites (tertiary alicyclic amines) is 1. The molecule has 0 radical (unpaired) electrons. The van der Waals surface area contributed by atoms with E-state index in [1.54, 1.807) is 6.92 Å². The Morgan fingerprint density at radius 1 is 1.27 bits per heavy atom. The molecule has 5 heteroatoms. The Labute approximate surface area is 129 Å². The highest BCUT2D eigenvalue weighted by molar-refractivity contribution is 5.87. The van der Waals surface area contributed by atoms with Crippen LogP contribution in [0.25, 0.3) is 0 Å². The molecule has 1 amide bonds. The first-order chi connectivity index (χ1) is 10.3. The van der Waals surface area contributed by atoms with E-state index in [-0.39, 0.29) is 23.9 Å². The molecule has 0 unspecified atom stereocenters. The SMILES string of the molecule is CC1(C)[C@H]2[C@@H]1CN(C(=O)O)[C@]2(C)C(=O)OCc1ccccc1. The van der Waals surface area contributed by atoms with E-state index in [2.05, 4.69) is 13.8 Å². The molecule has 5 nitrogen and oxygen atoms in total. The molecular formula is C17H21NO4. The van der Waals surface area contributed by atoms with Crippen molar-refractivity contribution in [2.75, 3.05) is 6.54 Å². The van der Waals surface area contributed by atoms with E-state index in [0.717, 1.165) is 5.56 Å². The topological polar surface area (TPSA) is 66.8 Å². The number of carboxylic acid groups (broad SMARTS) is 1. The van der Waals surface area contributed by atoms with E-state index in [1.807, 2.05) is 30.3 Å². The van der Waals surface area contributed by atoms with Gasteiger partial charge in [0.2, 0.25) is 0 Å². The molecule has 0 spiro atoms. The maximum absolute atomic E-state index is 12.7. The van der Waals surface area contributed by atoms with Crippen molar-refractivity contribution in [1.29, 1.82) is 0 Å². The Hall–Kier alpha value is -2.04. The van der Waals surface area contributed by atoms with E-state index in [9.17, 15) is 14.7 Å². The highest BCUT2D eigenvalue weighted by Gasteiger charge is 2.75. The number of rotatable bonds is 3. The van der Waals surface area contributed by atoms with Crippen LogP contribution in [0.4, 0.5) is 4.79 Å². The first-order valence-electron chi connectivity index (χ1n) is 7.51. The number of nitrogens with zero attached hydrogens (tertiary/aromatic N) is 1. The van der Waals surface area contributed by atoms with Crippen LogP contribution in [0.1, 0.15) is 26.3 Å². The van der Waals surface area contributed by atoms with Gasteiger partial charge in [0.05, 0.1) is 0 Å². The zero-order valence-electron chi connectivity index (χ0n) is 13.1. The van der Waals surface area contributed by atoms with E-state index in [4.69, 9.17) is 4.74 Å². The smallest absolute Gasteiger partial charge is 0.408 e. The summed E-state index contributed by atoms with van der Waals surface area (Å²) < 4.78 is 5.44. The lowest BCUT2D eigenvalue weighted by atomic mass is 9.89. The van der Waals surface area contributed by atoms with Gasteiger partial charge in [-0.1, -0.05) is 44.2 Å². The molecule has 3 rings (SSSR count). The summed E-state index contributed by atoms with van der Waals surface area (Å²) in [6.45, 7) is 6.45. The Bertz CT molecular complexity index is 612. The average Bonchev–Trinajstić information content (AvgIpc) is 2.86. The second-order valence-electron chi connectivity index (χ2n) is 7.01.